The van der Waals surface area contributed by atoms with E-state index >= 15 is 0 Å². The molecule has 2 heteroatoms. The Labute approximate surface area is 152 Å². The van der Waals surface area contributed by atoms with Crippen LogP contribution in [-0.4, -0.2) is 13.0 Å². The molecule has 4 saturated carbocycles. The van der Waals surface area contributed by atoms with Gasteiger partial charge < -0.3 is 5.32 Å². The minimum absolute atomic E-state index is 0.00161. The Bertz CT molecular complexity index is 582. The molecule has 25 heavy (non-hydrogen) atoms. The normalized spacial score (nSPS) is 34.1. The fraction of sp³-hybridized carbons (Fsp3) is 0.696. The number of hydrogen-bond acceptors (Lipinski definition) is 1. The number of nitrogens with one attached hydrogen (secondary N) is 1. The summed E-state index contributed by atoms with van der Waals surface area (Å²) in [6, 6.07) is 8.17. The lowest BCUT2D eigenvalue weighted by atomic mass is 9.48. The quantitative estimate of drug-likeness (QED) is 0.756. The molecule has 1 unspecified atom stereocenters. The summed E-state index contributed by atoms with van der Waals surface area (Å²) in [6.45, 7) is 2.47. The van der Waals surface area contributed by atoms with Crippen molar-refractivity contribution in [3.05, 3.63) is 35.4 Å². The predicted molar refractivity (Wildman–Crippen MR) is 103 cm³/mol. The van der Waals surface area contributed by atoms with Crippen molar-refractivity contribution in [2.45, 2.75) is 64.7 Å². The lowest BCUT2D eigenvalue weighted by Gasteiger charge is -2.57. The van der Waals surface area contributed by atoms with Crippen molar-refractivity contribution in [3.8, 4) is 0 Å². The maximum Gasteiger partial charge on any atom is 0.251 e. The van der Waals surface area contributed by atoms with Gasteiger partial charge in [-0.15, -0.1) is 0 Å². The molecule has 4 aliphatic rings. The van der Waals surface area contributed by atoms with Gasteiger partial charge in [-0.25, -0.2) is 0 Å². The first-order chi connectivity index (χ1) is 12.0. The fourth-order valence-corrected chi connectivity index (χ4v) is 6.76. The molecule has 0 aromatic heterocycles. The minimum atomic E-state index is 0.00161. The summed E-state index contributed by atoms with van der Waals surface area (Å²) in [5.74, 6) is 4.01. The second kappa shape index (κ2) is 6.78. The average molecular weight is 340 g/mol. The van der Waals surface area contributed by atoms with Gasteiger partial charge in [-0.05, 0) is 105 Å². The standard InChI is InChI=1S/C23H33NO/c1-16(3-4-17-5-7-21(8-6-17)22(25)24-2)12-23-13-18-9-19(14-23)11-20(10-18)15-23/h5-8,16,18-20H,3-4,9-15H2,1-2H3,(H,24,25). The fourth-order valence-electron chi connectivity index (χ4n) is 6.76. The molecule has 5 rings (SSSR count). The van der Waals surface area contributed by atoms with Crippen molar-refractivity contribution in [2.24, 2.45) is 29.1 Å². The SMILES string of the molecule is CNC(=O)c1ccc(CCC(C)CC23CC4CC(CC(C4)C2)C3)cc1. The number of rotatable bonds is 6. The molecule has 1 amide bonds. The third kappa shape index (κ3) is 3.64. The number of aryl methyl sites for hydroxylation is 1. The summed E-state index contributed by atoms with van der Waals surface area (Å²) in [5.41, 5.74) is 2.83. The van der Waals surface area contributed by atoms with Crippen molar-refractivity contribution < 1.29 is 4.79 Å². The molecule has 4 bridgehead atoms. The van der Waals surface area contributed by atoms with Crippen molar-refractivity contribution in [3.63, 3.8) is 0 Å². The van der Waals surface area contributed by atoms with Gasteiger partial charge in [0.1, 0.15) is 0 Å². The monoisotopic (exact) mass is 339 g/mol. The highest BCUT2D eigenvalue weighted by molar-refractivity contribution is 5.93. The summed E-state index contributed by atoms with van der Waals surface area (Å²) in [5, 5.41) is 2.68. The zero-order chi connectivity index (χ0) is 17.4. The molecule has 136 valence electrons. The molecule has 1 aromatic rings. The molecule has 0 radical (unpaired) electrons. The zero-order valence-electron chi connectivity index (χ0n) is 15.9. The lowest BCUT2D eigenvalue weighted by molar-refractivity contribution is -0.0646. The second-order valence-electron chi connectivity index (χ2n) is 9.54. The van der Waals surface area contributed by atoms with E-state index in [1.165, 1.54) is 37.7 Å². The minimum Gasteiger partial charge on any atom is -0.355 e. The van der Waals surface area contributed by atoms with Crippen LogP contribution in [0.5, 0.6) is 0 Å². The third-order valence-electron chi connectivity index (χ3n) is 7.32. The maximum atomic E-state index is 11.6. The lowest BCUT2D eigenvalue weighted by Crippen LogP contribution is -2.46. The van der Waals surface area contributed by atoms with Crippen LogP contribution in [0.2, 0.25) is 0 Å². The van der Waals surface area contributed by atoms with Gasteiger partial charge in [0.25, 0.3) is 5.91 Å². The average Bonchev–Trinajstić information content (AvgIpc) is 2.58. The first kappa shape index (κ1) is 17.1. The Hall–Kier alpha value is -1.31. The Balaban J connectivity index is 1.31. The number of amides is 1. The Morgan fingerprint density at radius 3 is 2.16 bits per heavy atom. The van der Waals surface area contributed by atoms with Gasteiger partial charge in [0.2, 0.25) is 0 Å². The molecule has 0 heterocycles. The van der Waals surface area contributed by atoms with Crippen LogP contribution in [0.4, 0.5) is 0 Å². The van der Waals surface area contributed by atoms with Crippen molar-refractivity contribution in [2.75, 3.05) is 7.05 Å². The van der Waals surface area contributed by atoms with Crippen LogP contribution in [0.15, 0.2) is 24.3 Å². The smallest absolute Gasteiger partial charge is 0.251 e. The Morgan fingerprint density at radius 2 is 1.64 bits per heavy atom. The van der Waals surface area contributed by atoms with E-state index in [2.05, 4.69) is 24.4 Å². The highest BCUT2D eigenvalue weighted by Gasteiger charge is 2.50. The van der Waals surface area contributed by atoms with Crippen LogP contribution in [-0.2, 0) is 6.42 Å². The zero-order valence-corrected chi connectivity index (χ0v) is 15.9. The summed E-state index contributed by atoms with van der Waals surface area (Å²) >= 11 is 0. The molecule has 4 aliphatic carbocycles. The molecule has 2 nitrogen and oxygen atoms in total. The maximum absolute atomic E-state index is 11.6. The van der Waals surface area contributed by atoms with Crippen LogP contribution >= 0.6 is 0 Å². The predicted octanol–water partition coefficient (Wildman–Crippen LogP) is 5.22. The van der Waals surface area contributed by atoms with Crippen molar-refractivity contribution >= 4 is 5.91 Å². The molecule has 1 aromatic carbocycles. The van der Waals surface area contributed by atoms with Crippen molar-refractivity contribution in [1.29, 1.82) is 0 Å². The van der Waals surface area contributed by atoms with E-state index in [0.717, 1.165) is 35.7 Å². The molecule has 0 spiro atoms. The van der Waals surface area contributed by atoms with Gasteiger partial charge in [0.05, 0.1) is 0 Å². The van der Waals surface area contributed by atoms with Gasteiger partial charge in [-0.2, -0.15) is 0 Å². The van der Waals surface area contributed by atoms with Gasteiger partial charge >= 0.3 is 0 Å². The number of benzene rings is 1. The Kier molecular flexibility index (Phi) is 4.64. The van der Waals surface area contributed by atoms with Gasteiger partial charge in [-0.3, -0.25) is 4.79 Å². The highest BCUT2D eigenvalue weighted by atomic mass is 16.1. The third-order valence-corrected chi connectivity index (χ3v) is 7.32. The molecule has 1 atom stereocenters. The van der Waals surface area contributed by atoms with E-state index in [4.69, 9.17) is 0 Å². The highest BCUT2D eigenvalue weighted by Crippen LogP contribution is 2.62. The topological polar surface area (TPSA) is 29.1 Å². The molecule has 0 aliphatic heterocycles. The number of hydrogen-bond donors (Lipinski definition) is 1. The second-order valence-corrected chi connectivity index (χ2v) is 9.54. The van der Waals surface area contributed by atoms with E-state index in [1.54, 1.807) is 26.3 Å². The summed E-state index contributed by atoms with van der Waals surface area (Å²) < 4.78 is 0. The van der Waals surface area contributed by atoms with E-state index < -0.39 is 0 Å². The van der Waals surface area contributed by atoms with Crippen LogP contribution in [0.25, 0.3) is 0 Å². The summed E-state index contributed by atoms with van der Waals surface area (Å²) in [6.07, 6.45) is 13.1. The molecule has 0 saturated heterocycles. The van der Waals surface area contributed by atoms with E-state index in [-0.39, 0.29) is 5.91 Å². The largest absolute Gasteiger partial charge is 0.355 e. The van der Waals surface area contributed by atoms with Crippen LogP contribution in [0.1, 0.15) is 74.2 Å². The first-order valence-electron chi connectivity index (χ1n) is 10.4. The molecule has 4 fully saturated rings. The van der Waals surface area contributed by atoms with Crippen molar-refractivity contribution in [1.82, 2.24) is 5.32 Å². The van der Waals surface area contributed by atoms with Gasteiger partial charge in [0.15, 0.2) is 0 Å². The van der Waals surface area contributed by atoms with Gasteiger partial charge in [0, 0.05) is 12.6 Å². The molecular weight excluding hydrogens is 306 g/mol. The first-order valence-corrected chi connectivity index (χ1v) is 10.4. The van der Waals surface area contributed by atoms with E-state index in [1.807, 2.05) is 12.1 Å². The molecular formula is C23H33NO. The van der Waals surface area contributed by atoms with Crippen LogP contribution < -0.4 is 5.32 Å². The van der Waals surface area contributed by atoms with Gasteiger partial charge in [-0.1, -0.05) is 19.1 Å². The summed E-state index contributed by atoms with van der Waals surface area (Å²) in [4.78, 5) is 11.6. The van der Waals surface area contributed by atoms with Crippen LogP contribution in [0, 0.1) is 29.1 Å². The summed E-state index contributed by atoms with van der Waals surface area (Å²) in [7, 11) is 1.68. The Morgan fingerprint density at radius 1 is 1.08 bits per heavy atom. The molecule has 1 N–H and O–H groups in total. The number of carbonyl (C=O) groups is 1. The van der Waals surface area contributed by atoms with Crippen LogP contribution in [0.3, 0.4) is 0 Å². The number of carbonyl (C=O) groups excluding carboxylic acids is 1. The van der Waals surface area contributed by atoms with E-state index in [9.17, 15) is 4.79 Å². The van der Waals surface area contributed by atoms with E-state index in [0.29, 0.717) is 5.41 Å².